The van der Waals surface area contributed by atoms with E-state index in [1.165, 1.54) is 4.68 Å². The predicted molar refractivity (Wildman–Crippen MR) is 56.8 cm³/mol. The minimum atomic E-state index is -0.882. The van der Waals surface area contributed by atoms with Crippen molar-refractivity contribution >= 4 is 5.97 Å². The highest BCUT2D eigenvalue weighted by molar-refractivity contribution is 5.69. The van der Waals surface area contributed by atoms with E-state index >= 15 is 0 Å². The number of tetrazole rings is 1. The molecular weight excluding hydrogens is 224 g/mol. The van der Waals surface area contributed by atoms with E-state index in [-0.39, 0.29) is 6.54 Å². The van der Waals surface area contributed by atoms with Gasteiger partial charge in [0.2, 0.25) is 5.82 Å². The van der Waals surface area contributed by atoms with Gasteiger partial charge in [0.05, 0.1) is 12.5 Å². The predicted octanol–water partition coefficient (Wildman–Crippen LogP) is -0.206. The Kier molecular flexibility index (Phi) is 2.86. The van der Waals surface area contributed by atoms with Crippen LogP contribution in [0.4, 0.5) is 0 Å². The summed E-state index contributed by atoms with van der Waals surface area (Å²) in [7, 11) is 1.79. The number of hydrogen-bond donors (Lipinski definition) is 1. The number of hydrogen-bond acceptors (Lipinski definition) is 5. The Morgan fingerprint density at radius 1 is 1.59 bits per heavy atom. The van der Waals surface area contributed by atoms with Crippen LogP contribution in [0.1, 0.15) is 6.92 Å². The highest BCUT2D eigenvalue weighted by atomic mass is 16.4. The standard InChI is InChI=1S/C9H12N6O2/c1-6(9(16)17)5-15-8(10-12-13-15)7-3-4-14(2)11-7/h3-4,6H,5H2,1-2H3,(H,16,17). The third-order valence-corrected chi connectivity index (χ3v) is 2.34. The molecular formula is C9H12N6O2. The van der Waals surface area contributed by atoms with Gasteiger partial charge in [-0.15, -0.1) is 5.10 Å². The lowest BCUT2D eigenvalue weighted by atomic mass is 10.2. The Bertz CT molecular complexity index is 531. The molecule has 0 bridgehead atoms. The van der Waals surface area contributed by atoms with E-state index in [1.807, 2.05) is 0 Å². The molecule has 0 saturated heterocycles. The summed E-state index contributed by atoms with van der Waals surface area (Å²) in [4.78, 5) is 10.8. The van der Waals surface area contributed by atoms with Crippen LogP contribution in [0.25, 0.3) is 11.5 Å². The molecule has 0 radical (unpaired) electrons. The SMILES string of the molecule is CC(Cn1nnnc1-c1ccn(C)n1)C(=O)O. The van der Waals surface area contributed by atoms with Crippen LogP contribution in [0.15, 0.2) is 12.3 Å². The van der Waals surface area contributed by atoms with Crippen LogP contribution < -0.4 is 0 Å². The summed E-state index contributed by atoms with van der Waals surface area (Å²) in [6.07, 6.45) is 1.77. The average Bonchev–Trinajstić information content (AvgIpc) is 2.86. The molecule has 17 heavy (non-hydrogen) atoms. The van der Waals surface area contributed by atoms with Crippen LogP contribution in [-0.4, -0.2) is 41.1 Å². The number of aliphatic carboxylic acids is 1. The Morgan fingerprint density at radius 2 is 2.35 bits per heavy atom. The summed E-state index contributed by atoms with van der Waals surface area (Å²) in [6, 6.07) is 1.77. The summed E-state index contributed by atoms with van der Waals surface area (Å²) in [5.74, 6) is -0.966. The molecule has 0 aromatic carbocycles. The molecule has 1 atom stereocenters. The second-order valence-corrected chi connectivity index (χ2v) is 3.80. The zero-order valence-electron chi connectivity index (χ0n) is 9.48. The van der Waals surface area contributed by atoms with Crippen LogP contribution >= 0.6 is 0 Å². The highest BCUT2D eigenvalue weighted by Crippen LogP contribution is 2.13. The number of nitrogens with zero attached hydrogens (tertiary/aromatic N) is 6. The molecule has 0 aliphatic carbocycles. The van der Waals surface area contributed by atoms with Gasteiger partial charge < -0.3 is 5.11 Å². The molecule has 0 amide bonds. The summed E-state index contributed by atoms with van der Waals surface area (Å²) in [5, 5.41) is 24.2. The lowest BCUT2D eigenvalue weighted by molar-refractivity contribution is -0.141. The van der Waals surface area contributed by atoms with Crippen LogP contribution in [0.3, 0.4) is 0 Å². The van der Waals surface area contributed by atoms with Gasteiger partial charge in [-0.05, 0) is 16.5 Å². The number of carbonyl (C=O) groups is 1. The van der Waals surface area contributed by atoms with Gasteiger partial charge in [-0.3, -0.25) is 9.48 Å². The van der Waals surface area contributed by atoms with Crippen LogP contribution in [0.5, 0.6) is 0 Å². The van der Waals surface area contributed by atoms with Gasteiger partial charge >= 0.3 is 5.97 Å². The van der Waals surface area contributed by atoms with Gasteiger partial charge in [-0.1, -0.05) is 6.92 Å². The molecule has 2 aromatic heterocycles. The molecule has 90 valence electrons. The topological polar surface area (TPSA) is 98.7 Å². The van der Waals surface area contributed by atoms with E-state index in [0.717, 1.165) is 0 Å². The zero-order valence-corrected chi connectivity index (χ0v) is 9.48. The van der Waals surface area contributed by atoms with Crippen molar-refractivity contribution < 1.29 is 9.90 Å². The first kappa shape index (κ1) is 11.2. The highest BCUT2D eigenvalue weighted by Gasteiger charge is 2.17. The maximum atomic E-state index is 10.8. The normalized spacial score (nSPS) is 12.6. The van der Waals surface area contributed by atoms with Gasteiger partial charge in [0, 0.05) is 13.2 Å². The Labute approximate surface area is 96.9 Å². The van der Waals surface area contributed by atoms with Gasteiger partial charge in [0.1, 0.15) is 5.69 Å². The number of carboxylic acids is 1. The molecule has 1 unspecified atom stereocenters. The first-order valence-corrected chi connectivity index (χ1v) is 5.07. The van der Waals surface area contributed by atoms with Crippen molar-refractivity contribution in [2.75, 3.05) is 0 Å². The minimum absolute atomic E-state index is 0.217. The van der Waals surface area contributed by atoms with Gasteiger partial charge in [-0.25, -0.2) is 4.68 Å². The van der Waals surface area contributed by atoms with E-state index in [2.05, 4.69) is 20.6 Å². The largest absolute Gasteiger partial charge is 0.481 e. The Morgan fingerprint density at radius 3 is 2.94 bits per heavy atom. The zero-order chi connectivity index (χ0) is 12.4. The number of rotatable bonds is 4. The fourth-order valence-electron chi connectivity index (χ4n) is 1.38. The molecule has 2 aromatic rings. The maximum absolute atomic E-state index is 10.8. The van der Waals surface area contributed by atoms with Crippen molar-refractivity contribution in [3.05, 3.63) is 12.3 Å². The van der Waals surface area contributed by atoms with Crippen molar-refractivity contribution in [3.8, 4) is 11.5 Å². The molecule has 0 spiro atoms. The third kappa shape index (κ3) is 2.30. The maximum Gasteiger partial charge on any atom is 0.308 e. The van der Waals surface area contributed by atoms with E-state index in [9.17, 15) is 4.79 Å². The van der Waals surface area contributed by atoms with Crippen molar-refractivity contribution in [1.82, 2.24) is 30.0 Å². The van der Waals surface area contributed by atoms with Gasteiger partial charge in [-0.2, -0.15) is 5.10 Å². The smallest absolute Gasteiger partial charge is 0.308 e. The summed E-state index contributed by atoms with van der Waals surface area (Å²) < 4.78 is 3.08. The van der Waals surface area contributed by atoms with Gasteiger partial charge in [0.15, 0.2) is 0 Å². The molecule has 0 aliphatic heterocycles. The average molecular weight is 236 g/mol. The van der Waals surface area contributed by atoms with Crippen molar-refractivity contribution in [1.29, 1.82) is 0 Å². The first-order chi connectivity index (χ1) is 8.08. The molecule has 8 heteroatoms. The minimum Gasteiger partial charge on any atom is -0.481 e. The van der Waals surface area contributed by atoms with Crippen molar-refractivity contribution in [3.63, 3.8) is 0 Å². The summed E-state index contributed by atoms with van der Waals surface area (Å²) >= 11 is 0. The Balaban J connectivity index is 2.26. The van der Waals surface area contributed by atoms with E-state index in [0.29, 0.717) is 11.5 Å². The van der Waals surface area contributed by atoms with Crippen LogP contribution in [-0.2, 0) is 18.4 Å². The molecule has 0 fully saturated rings. The second-order valence-electron chi connectivity index (χ2n) is 3.80. The lowest BCUT2D eigenvalue weighted by Gasteiger charge is -2.06. The molecule has 0 saturated carbocycles. The number of aromatic nitrogens is 6. The van der Waals surface area contributed by atoms with Crippen molar-refractivity contribution in [2.45, 2.75) is 13.5 Å². The number of carboxylic acid groups (broad SMARTS) is 1. The quantitative estimate of drug-likeness (QED) is 0.788. The molecule has 1 N–H and O–H groups in total. The van der Waals surface area contributed by atoms with E-state index in [1.54, 1.807) is 30.9 Å². The molecule has 0 aliphatic rings. The Hall–Kier alpha value is -2.25. The third-order valence-electron chi connectivity index (χ3n) is 2.34. The fourth-order valence-corrected chi connectivity index (χ4v) is 1.38. The van der Waals surface area contributed by atoms with E-state index < -0.39 is 11.9 Å². The first-order valence-electron chi connectivity index (χ1n) is 5.07. The number of aryl methyl sites for hydroxylation is 1. The van der Waals surface area contributed by atoms with E-state index in [4.69, 9.17) is 5.11 Å². The molecule has 8 nitrogen and oxygen atoms in total. The monoisotopic (exact) mass is 236 g/mol. The molecule has 2 heterocycles. The van der Waals surface area contributed by atoms with Crippen molar-refractivity contribution in [2.24, 2.45) is 13.0 Å². The summed E-state index contributed by atoms with van der Waals surface area (Å²) in [6.45, 7) is 1.82. The summed E-state index contributed by atoms with van der Waals surface area (Å²) in [5.41, 5.74) is 0.620. The lowest BCUT2D eigenvalue weighted by Crippen LogP contribution is -2.18. The van der Waals surface area contributed by atoms with Gasteiger partial charge in [0.25, 0.3) is 0 Å². The van der Waals surface area contributed by atoms with Crippen LogP contribution in [0.2, 0.25) is 0 Å². The fraction of sp³-hybridized carbons (Fsp3) is 0.444. The van der Waals surface area contributed by atoms with Crippen LogP contribution in [0, 0.1) is 5.92 Å². The molecule has 2 rings (SSSR count). The second kappa shape index (κ2) is 4.32.